The highest BCUT2D eigenvalue weighted by Gasteiger charge is 2.12. The van der Waals surface area contributed by atoms with E-state index < -0.39 is 10.8 Å². The number of nitro benzene ring substituents is 1. The van der Waals surface area contributed by atoms with E-state index in [1.807, 2.05) is 6.92 Å². The molecule has 0 bridgehead atoms. The van der Waals surface area contributed by atoms with Gasteiger partial charge in [0.2, 0.25) is 0 Å². The molecule has 0 radical (unpaired) electrons. The third kappa shape index (κ3) is 3.91. The molecule has 1 amide bonds. The zero-order valence-corrected chi connectivity index (χ0v) is 12.4. The third-order valence-corrected chi connectivity index (χ3v) is 3.16. The maximum atomic E-state index is 12.1. The molecule has 0 aliphatic rings. The van der Waals surface area contributed by atoms with Gasteiger partial charge in [-0.3, -0.25) is 14.9 Å². The number of hydrazone groups is 1. The molecule has 23 heavy (non-hydrogen) atoms. The number of amides is 1. The van der Waals surface area contributed by atoms with Crippen LogP contribution in [0.3, 0.4) is 0 Å². The number of nitrogens with one attached hydrogen (secondary N) is 1. The fourth-order valence-corrected chi connectivity index (χ4v) is 1.99. The van der Waals surface area contributed by atoms with Crippen LogP contribution in [0.5, 0.6) is 5.75 Å². The van der Waals surface area contributed by atoms with Gasteiger partial charge in [-0.05, 0) is 24.6 Å². The predicted molar refractivity (Wildman–Crippen MR) is 85.5 cm³/mol. The zero-order valence-electron chi connectivity index (χ0n) is 12.4. The van der Waals surface area contributed by atoms with Crippen LogP contribution in [-0.4, -0.2) is 21.6 Å². The molecule has 0 saturated carbocycles. The number of phenolic OH excluding ortho intramolecular Hbond substituents is 1. The molecule has 0 unspecified atom stereocenters. The van der Waals surface area contributed by atoms with Gasteiger partial charge in [0, 0.05) is 23.3 Å². The van der Waals surface area contributed by atoms with Crippen LogP contribution in [0.15, 0.2) is 53.6 Å². The molecule has 0 fully saturated rings. The summed E-state index contributed by atoms with van der Waals surface area (Å²) in [4.78, 5) is 22.2. The lowest BCUT2D eigenvalue weighted by atomic mass is 10.1. The highest BCUT2D eigenvalue weighted by atomic mass is 16.6. The van der Waals surface area contributed by atoms with Gasteiger partial charge in [0.05, 0.1) is 10.6 Å². The first-order valence-corrected chi connectivity index (χ1v) is 6.92. The van der Waals surface area contributed by atoms with Crippen molar-refractivity contribution in [1.82, 2.24) is 5.43 Å². The van der Waals surface area contributed by atoms with Crippen molar-refractivity contribution in [2.45, 2.75) is 13.3 Å². The van der Waals surface area contributed by atoms with Crippen molar-refractivity contribution in [3.63, 3.8) is 0 Å². The number of benzene rings is 2. The Labute approximate surface area is 132 Å². The molecule has 2 rings (SSSR count). The van der Waals surface area contributed by atoms with E-state index in [0.717, 1.165) is 0 Å². The van der Waals surface area contributed by atoms with Gasteiger partial charge in [-0.1, -0.05) is 25.1 Å². The van der Waals surface area contributed by atoms with Crippen LogP contribution in [0.2, 0.25) is 0 Å². The minimum absolute atomic E-state index is 0.0673. The second-order valence-electron chi connectivity index (χ2n) is 4.68. The number of rotatable bonds is 5. The number of carbonyl (C=O) groups excluding carboxylic acids is 1. The summed E-state index contributed by atoms with van der Waals surface area (Å²) in [6.45, 7) is 1.84. The molecular formula is C16H15N3O4. The summed E-state index contributed by atoms with van der Waals surface area (Å²) >= 11 is 0. The van der Waals surface area contributed by atoms with E-state index in [4.69, 9.17) is 0 Å². The van der Waals surface area contributed by atoms with Gasteiger partial charge < -0.3 is 5.11 Å². The Morgan fingerprint density at radius 1 is 1.26 bits per heavy atom. The van der Waals surface area contributed by atoms with Gasteiger partial charge >= 0.3 is 0 Å². The molecule has 2 N–H and O–H groups in total. The lowest BCUT2D eigenvalue weighted by Crippen LogP contribution is -2.20. The normalized spacial score (nSPS) is 11.1. The summed E-state index contributed by atoms with van der Waals surface area (Å²) in [5.41, 5.74) is 3.35. The number of non-ortho nitro benzene ring substituents is 1. The number of hydrogen-bond acceptors (Lipinski definition) is 5. The predicted octanol–water partition coefficient (Wildman–Crippen LogP) is 2.84. The number of para-hydroxylation sites is 1. The minimum Gasteiger partial charge on any atom is -0.507 e. The van der Waals surface area contributed by atoms with E-state index in [2.05, 4.69) is 10.5 Å². The molecule has 0 aromatic heterocycles. The Kier molecular flexibility index (Phi) is 5.03. The van der Waals surface area contributed by atoms with Crippen LogP contribution < -0.4 is 5.43 Å². The largest absolute Gasteiger partial charge is 0.507 e. The highest BCUT2D eigenvalue weighted by molar-refractivity contribution is 6.04. The number of aromatic hydroxyl groups is 1. The Hall–Kier alpha value is -3.22. The van der Waals surface area contributed by atoms with Crippen LogP contribution in [0.1, 0.15) is 29.3 Å². The first-order chi connectivity index (χ1) is 11.0. The lowest BCUT2D eigenvalue weighted by Gasteiger charge is -2.07. The van der Waals surface area contributed by atoms with Gasteiger partial charge in [-0.2, -0.15) is 5.10 Å². The summed E-state index contributed by atoms with van der Waals surface area (Å²) in [6, 6.07) is 12.0. The average molecular weight is 313 g/mol. The first kappa shape index (κ1) is 16.2. The molecule has 0 aliphatic heterocycles. The first-order valence-electron chi connectivity index (χ1n) is 6.92. The van der Waals surface area contributed by atoms with Gasteiger partial charge in [0.15, 0.2) is 0 Å². The monoisotopic (exact) mass is 313 g/mol. The van der Waals surface area contributed by atoms with Gasteiger partial charge in [0.1, 0.15) is 5.75 Å². The van der Waals surface area contributed by atoms with Crippen molar-refractivity contribution < 1.29 is 14.8 Å². The highest BCUT2D eigenvalue weighted by Crippen LogP contribution is 2.18. The van der Waals surface area contributed by atoms with Crippen LogP contribution in [0.4, 0.5) is 5.69 Å². The molecular weight excluding hydrogens is 298 g/mol. The molecule has 0 aliphatic carbocycles. The van der Waals surface area contributed by atoms with E-state index in [1.165, 1.54) is 30.3 Å². The summed E-state index contributed by atoms with van der Waals surface area (Å²) in [7, 11) is 0. The zero-order chi connectivity index (χ0) is 16.8. The van der Waals surface area contributed by atoms with Crippen LogP contribution in [0, 0.1) is 10.1 Å². The molecule has 0 spiro atoms. The Morgan fingerprint density at radius 2 is 2.00 bits per heavy atom. The second-order valence-corrected chi connectivity index (χ2v) is 4.68. The molecule has 2 aromatic rings. The average Bonchev–Trinajstić information content (AvgIpc) is 2.56. The smallest absolute Gasteiger partial charge is 0.271 e. The number of nitro groups is 1. The second kappa shape index (κ2) is 7.17. The maximum absolute atomic E-state index is 12.1. The Balaban J connectivity index is 2.21. The molecule has 118 valence electrons. The van der Waals surface area contributed by atoms with E-state index in [1.54, 1.807) is 18.2 Å². The van der Waals surface area contributed by atoms with E-state index in [-0.39, 0.29) is 17.0 Å². The summed E-state index contributed by atoms with van der Waals surface area (Å²) in [5, 5.41) is 24.6. The van der Waals surface area contributed by atoms with Gasteiger partial charge in [-0.25, -0.2) is 5.43 Å². The van der Waals surface area contributed by atoms with E-state index >= 15 is 0 Å². The topological polar surface area (TPSA) is 105 Å². The molecule has 0 saturated heterocycles. The van der Waals surface area contributed by atoms with Crippen LogP contribution in [0.25, 0.3) is 0 Å². The standard InChI is InChI=1S/C16H15N3O4/c1-2-14(13-8-3-4-9-15(13)20)17-18-16(21)11-6-5-7-12(10-11)19(22)23/h3-10,20H,2H2,1H3,(H,18,21). The number of nitrogens with zero attached hydrogens (tertiary/aromatic N) is 2. The molecule has 7 nitrogen and oxygen atoms in total. The SMILES string of the molecule is CCC(=NNC(=O)c1cccc([N+](=O)[O-])c1)c1ccccc1O. The van der Waals surface area contributed by atoms with Crippen molar-refractivity contribution in [2.75, 3.05) is 0 Å². The molecule has 0 heterocycles. The van der Waals surface area contributed by atoms with Gasteiger partial charge in [0.25, 0.3) is 11.6 Å². The molecule has 7 heteroatoms. The van der Waals surface area contributed by atoms with Crippen molar-refractivity contribution in [2.24, 2.45) is 5.10 Å². The van der Waals surface area contributed by atoms with E-state index in [0.29, 0.717) is 17.7 Å². The van der Waals surface area contributed by atoms with Crippen molar-refractivity contribution in [3.8, 4) is 5.75 Å². The fraction of sp³-hybridized carbons (Fsp3) is 0.125. The fourth-order valence-electron chi connectivity index (χ4n) is 1.99. The van der Waals surface area contributed by atoms with Crippen molar-refractivity contribution in [1.29, 1.82) is 0 Å². The molecule has 2 aromatic carbocycles. The number of hydrogen-bond donors (Lipinski definition) is 2. The Morgan fingerprint density at radius 3 is 2.65 bits per heavy atom. The van der Waals surface area contributed by atoms with Crippen molar-refractivity contribution >= 4 is 17.3 Å². The molecule has 0 atom stereocenters. The number of carbonyl (C=O) groups is 1. The van der Waals surface area contributed by atoms with Crippen LogP contribution >= 0.6 is 0 Å². The quantitative estimate of drug-likeness (QED) is 0.503. The minimum atomic E-state index is -0.570. The van der Waals surface area contributed by atoms with Crippen molar-refractivity contribution in [3.05, 3.63) is 69.8 Å². The lowest BCUT2D eigenvalue weighted by molar-refractivity contribution is -0.384. The number of phenols is 1. The maximum Gasteiger partial charge on any atom is 0.271 e. The van der Waals surface area contributed by atoms with Gasteiger partial charge in [-0.15, -0.1) is 0 Å². The van der Waals surface area contributed by atoms with E-state index in [9.17, 15) is 20.0 Å². The summed E-state index contributed by atoms with van der Waals surface area (Å²) in [6.07, 6.45) is 0.493. The third-order valence-electron chi connectivity index (χ3n) is 3.16. The van der Waals surface area contributed by atoms with Crippen LogP contribution in [-0.2, 0) is 0 Å². The summed E-state index contributed by atoms with van der Waals surface area (Å²) in [5.74, 6) is -0.493. The summed E-state index contributed by atoms with van der Waals surface area (Å²) < 4.78 is 0. The Bertz CT molecular complexity index is 771.